The first-order valence-corrected chi connectivity index (χ1v) is 7.97. The van der Waals surface area contributed by atoms with Gasteiger partial charge >= 0.3 is 0 Å². The summed E-state index contributed by atoms with van der Waals surface area (Å²) in [5.41, 5.74) is 0.432. The number of benzene rings is 1. The van der Waals surface area contributed by atoms with Gasteiger partial charge < -0.3 is 10.3 Å². The average molecular weight is 337 g/mol. The molecule has 130 valence electrons. The zero-order chi connectivity index (χ0) is 17.6. The normalized spacial score (nSPS) is 11.6. The summed E-state index contributed by atoms with van der Waals surface area (Å²) in [6.07, 6.45) is 1.26. The maximum atomic E-state index is 12.6. The third-order valence-electron chi connectivity index (χ3n) is 3.59. The highest BCUT2D eigenvalue weighted by molar-refractivity contribution is 5.77. The van der Waals surface area contributed by atoms with E-state index in [2.05, 4.69) is 15.3 Å². The van der Waals surface area contributed by atoms with Gasteiger partial charge in [0.05, 0.1) is 10.9 Å². The molecule has 24 heavy (non-hydrogen) atoms. The van der Waals surface area contributed by atoms with Crippen LogP contribution >= 0.6 is 0 Å². The molecule has 0 radical (unpaired) electrons. The predicted molar refractivity (Wildman–Crippen MR) is 88.2 cm³/mol. The SMILES string of the molecule is CC(F)(F)CCCNC(=O)CCCc1nc2ccccc2c(=O)[nH]1. The van der Waals surface area contributed by atoms with Gasteiger partial charge in [0.2, 0.25) is 11.8 Å². The Morgan fingerprint density at radius 3 is 2.79 bits per heavy atom. The van der Waals surface area contributed by atoms with Gasteiger partial charge in [-0.15, -0.1) is 0 Å². The van der Waals surface area contributed by atoms with Gasteiger partial charge in [-0.3, -0.25) is 9.59 Å². The lowest BCUT2D eigenvalue weighted by molar-refractivity contribution is -0.121. The van der Waals surface area contributed by atoms with Crippen LogP contribution < -0.4 is 10.9 Å². The van der Waals surface area contributed by atoms with E-state index in [0.717, 1.165) is 6.92 Å². The number of amides is 1. The standard InChI is InChI=1S/C17H21F2N3O2/c1-17(18,19)10-5-11-20-15(23)9-4-8-14-21-13-7-3-2-6-12(13)16(24)22-14/h2-3,6-7H,4-5,8-11H2,1H3,(H,20,23)(H,21,22,24). The van der Waals surface area contributed by atoms with Gasteiger partial charge in [0.25, 0.3) is 5.56 Å². The molecular formula is C17H21F2N3O2. The summed E-state index contributed by atoms with van der Waals surface area (Å²) in [4.78, 5) is 30.6. The van der Waals surface area contributed by atoms with Crippen LogP contribution in [0.4, 0.5) is 8.78 Å². The van der Waals surface area contributed by atoms with Crippen LogP contribution in [0.2, 0.25) is 0 Å². The van der Waals surface area contributed by atoms with Gasteiger partial charge in [-0.1, -0.05) is 12.1 Å². The Bertz CT molecular complexity index is 753. The Balaban J connectivity index is 1.76. The maximum absolute atomic E-state index is 12.6. The van der Waals surface area contributed by atoms with Crippen LogP contribution in [0.1, 0.15) is 38.4 Å². The molecular weight excluding hydrogens is 316 g/mol. The third-order valence-corrected chi connectivity index (χ3v) is 3.59. The van der Waals surface area contributed by atoms with E-state index in [0.29, 0.717) is 29.6 Å². The van der Waals surface area contributed by atoms with E-state index in [4.69, 9.17) is 0 Å². The molecule has 0 unspecified atom stereocenters. The second kappa shape index (κ2) is 7.99. The third kappa shape index (κ3) is 5.72. The van der Waals surface area contributed by atoms with Crippen molar-refractivity contribution in [1.82, 2.24) is 15.3 Å². The lowest BCUT2D eigenvalue weighted by Crippen LogP contribution is -2.25. The van der Waals surface area contributed by atoms with E-state index >= 15 is 0 Å². The minimum Gasteiger partial charge on any atom is -0.356 e. The van der Waals surface area contributed by atoms with Crippen molar-refractivity contribution in [2.75, 3.05) is 6.54 Å². The maximum Gasteiger partial charge on any atom is 0.258 e. The number of hydrogen-bond acceptors (Lipinski definition) is 3. The number of aryl methyl sites for hydroxylation is 1. The van der Waals surface area contributed by atoms with Crippen LogP contribution in [0.25, 0.3) is 10.9 Å². The smallest absolute Gasteiger partial charge is 0.258 e. The zero-order valence-corrected chi connectivity index (χ0v) is 13.6. The van der Waals surface area contributed by atoms with Crippen molar-refractivity contribution in [3.05, 3.63) is 40.4 Å². The Kier molecular flexibility index (Phi) is 6.00. The lowest BCUT2D eigenvalue weighted by Gasteiger charge is -2.10. The molecule has 1 heterocycles. The van der Waals surface area contributed by atoms with Gasteiger partial charge in [0, 0.05) is 25.8 Å². The van der Waals surface area contributed by atoms with E-state index in [1.54, 1.807) is 18.2 Å². The Labute approximate surface area is 138 Å². The van der Waals surface area contributed by atoms with Crippen LogP contribution in [-0.4, -0.2) is 28.3 Å². The number of fused-ring (bicyclic) bond motifs is 1. The molecule has 1 aromatic carbocycles. The summed E-state index contributed by atoms with van der Waals surface area (Å²) < 4.78 is 25.3. The molecule has 1 aromatic heterocycles. The van der Waals surface area contributed by atoms with Crippen LogP contribution in [-0.2, 0) is 11.2 Å². The van der Waals surface area contributed by atoms with Crippen molar-refractivity contribution in [3.63, 3.8) is 0 Å². The lowest BCUT2D eigenvalue weighted by atomic mass is 10.2. The fourth-order valence-corrected chi connectivity index (χ4v) is 2.38. The molecule has 2 aromatic rings. The van der Waals surface area contributed by atoms with Crippen molar-refractivity contribution in [2.45, 2.75) is 45.0 Å². The van der Waals surface area contributed by atoms with E-state index in [1.165, 1.54) is 0 Å². The fourth-order valence-electron chi connectivity index (χ4n) is 2.38. The fraction of sp³-hybridized carbons (Fsp3) is 0.471. The number of alkyl halides is 2. The number of nitrogens with zero attached hydrogens (tertiary/aromatic N) is 1. The van der Waals surface area contributed by atoms with Crippen LogP contribution in [0.3, 0.4) is 0 Å². The highest BCUT2D eigenvalue weighted by Gasteiger charge is 2.19. The van der Waals surface area contributed by atoms with Gasteiger partial charge in [-0.2, -0.15) is 0 Å². The monoisotopic (exact) mass is 337 g/mol. The first-order valence-electron chi connectivity index (χ1n) is 7.97. The van der Waals surface area contributed by atoms with Crippen molar-refractivity contribution in [1.29, 1.82) is 0 Å². The summed E-state index contributed by atoms with van der Waals surface area (Å²) in [6.45, 7) is 1.11. The number of carbonyl (C=O) groups is 1. The van der Waals surface area contributed by atoms with E-state index < -0.39 is 5.92 Å². The molecule has 7 heteroatoms. The minimum atomic E-state index is -2.70. The van der Waals surface area contributed by atoms with Crippen molar-refractivity contribution < 1.29 is 13.6 Å². The van der Waals surface area contributed by atoms with E-state index in [-0.39, 0.29) is 37.3 Å². The second-order valence-corrected chi connectivity index (χ2v) is 5.91. The number of hydrogen-bond donors (Lipinski definition) is 2. The van der Waals surface area contributed by atoms with Gasteiger partial charge in [-0.05, 0) is 31.9 Å². The van der Waals surface area contributed by atoms with Gasteiger partial charge in [0.1, 0.15) is 5.82 Å². The van der Waals surface area contributed by atoms with Crippen LogP contribution in [0, 0.1) is 0 Å². The number of halogens is 2. The Morgan fingerprint density at radius 2 is 2.04 bits per heavy atom. The van der Waals surface area contributed by atoms with Crippen LogP contribution in [0.15, 0.2) is 29.1 Å². The average Bonchev–Trinajstić information content (AvgIpc) is 2.51. The van der Waals surface area contributed by atoms with Crippen molar-refractivity contribution in [2.24, 2.45) is 0 Å². The second-order valence-electron chi connectivity index (χ2n) is 5.91. The molecule has 5 nitrogen and oxygen atoms in total. The van der Waals surface area contributed by atoms with E-state index in [9.17, 15) is 18.4 Å². The summed E-state index contributed by atoms with van der Waals surface area (Å²) >= 11 is 0. The molecule has 0 aliphatic heterocycles. The molecule has 0 saturated heterocycles. The Hall–Kier alpha value is -2.31. The first-order chi connectivity index (χ1) is 11.3. The van der Waals surface area contributed by atoms with Crippen molar-refractivity contribution >= 4 is 16.8 Å². The molecule has 0 aliphatic rings. The number of rotatable bonds is 8. The minimum absolute atomic E-state index is 0.183. The van der Waals surface area contributed by atoms with E-state index in [1.807, 2.05) is 6.07 Å². The van der Waals surface area contributed by atoms with Crippen molar-refractivity contribution in [3.8, 4) is 0 Å². The highest BCUT2D eigenvalue weighted by Crippen LogP contribution is 2.17. The molecule has 0 aliphatic carbocycles. The number of nitrogens with one attached hydrogen (secondary N) is 2. The largest absolute Gasteiger partial charge is 0.356 e. The first kappa shape index (κ1) is 18.0. The topological polar surface area (TPSA) is 74.8 Å². The summed E-state index contributed by atoms with van der Waals surface area (Å²) in [6, 6.07) is 7.06. The Morgan fingerprint density at radius 1 is 1.29 bits per heavy atom. The molecule has 0 spiro atoms. The molecule has 0 atom stereocenters. The van der Waals surface area contributed by atoms with Gasteiger partial charge in [0.15, 0.2) is 0 Å². The van der Waals surface area contributed by atoms with Crippen LogP contribution in [0.5, 0.6) is 0 Å². The summed E-state index contributed by atoms with van der Waals surface area (Å²) in [5.74, 6) is -2.34. The molecule has 2 N–H and O–H groups in total. The predicted octanol–water partition coefficient (Wildman–Crippen LogP) is 2.80. The summed E-state index contributed by atoms with van der Waals surface area (Å²) in [5, 5.41) is 3.15. The van der Waals surface area contributed by atoms with Gasteiger partial charge in [-0.25, -0.2) is 13.8 Å². The zero-order valence-electron chi connectivity index (χ0n) is 13.6. The highest BCUT2D eigenvalue weighted by atomic mass is 19.3. The number of carbonyl (C=O) groups excluding carboxylic acids is 1. The molecule has 0 fully saturated rings. The number of H-pyrrole nitrogens is 1. The number of aromatic amines is 1. The number of para-hydroxylation sites is 1. The molecule has 0 saturated carbocycles. The molecule has 1 amide bonds. The number of aromatic nitrogens is 2. The molecule has 0 bridgehead atoms. The summed E-state index contributed by atoms with van der Waals surface area (Å²) in [7, 11) is 0. The molecule has 2 rings (SSSR count). The quantitative estimate of drug-likeness (QED) is 0.727.